The molecule has 0 N–H and O–H groups in total. The molecule has 6 heterocycles. The van der Waals surface area contributed by atoms with E-state index in [1.54, 1.807) is 19.1 Å². The summed E-state index contributed by atoms with van der Waals surface area (Å²) in [6, 6.07) is 13.5. The third kappa shape index (κ3) is 5.74. The first kappa shape index (κ1) is 31.2. The van der Waals surface area contributed by atoms with Crippen molar-refractivity contribution in [1.29, 1.82) is 5.26 Å². The van der Waals surface area contributed by atoms with Crippen LogP contribution < -0.4 is 9.47 Å². The van der Waals surface area contributed by atoms with Crippen LogP contribution in [0.2, 0.25) is 0 Å². The Hall–Kier alpha value is -5.07. The lowest BCUT2D eigenvalue weighted by atomic mass is 9.88. The lowest BCUT2D eigenvalue weighted by molar-refractivity contribution is -0.159. The molecule has 11 nitrogen and oxygen atoms in total. The molecule has 3 aromatic heterocycles. The first-order valence-corrected chi connectivity index (χ1v) is 15.9. The minimum Gasteiger partial charge on any atom is -0.444 e. The minimum absolute atomic E-state index is 0.0285. The van der Waals surface area contributed by atoms with Crippen LogP contribution >= 0.6 is 0 Å². The van der Waals surface area contributed by atoms with E-state index in [9.17, 15) is 17.6 Å². The van der Waals surface area contributed by atoms with Gasteiger partial charge in [0.05, 0.1) is 36.4 Å². The zero-order valence-corrected chi connectivity index (χ0v) is 26.2. The van der Waals surface area contributed by atoms with Crippen LogP contribution in [0.4, 0.5) is 17.6 Å². The zero-order chi connectivity index (χ0) is 33.9. The van der Waals surface area contributed by atoms with Crippen molar-refractivity contribution in [1.82, 2.24) is 29.6 Å². The van der Waals surface area contributed by atoms with Gasteiger partial charge in [-0.05, 0) is 68.6 Å². The Balaban J connectivity index is 0.996. The number of halogens is 4. The topological polar surface area (TPSA) is 124 Å². The average molecular weight is 676 g/mol. The third-order valence-corrected chi connectivity index (χ3v) is 9.36. The number of benzene rings is 2. The highest BCUT2D eigenvalue weighted by molar-refractivity contribution is 5.77. The minimum atomic E-state index is -4.75. The van der Waals surface area contributed by atoms with Crippen molar-refractivity contribution in [3.63, 3.8) is 0 Å². The molecule has 0 radical (unpaired) electrons. The van der Waals surface area contributed by atoms with Crippen molar-refractivity contribution in [3.05, 3.63) is 82.9 Å². The number of hydrogen-bond donors (Lipinski definition) is 0. The van der Waals surface area contributed by atoms with E-state index >= 15 is 0 Å². The maximum Gasteiger partial charge on any atom is 0.471 e. The van der Waals surface area contributed by atoms with Crippen LogP contribution in [-0.2, 0) is 29.8 Å². The van der Waals surface area contributed by atoms with Gasteiger partial charge in [-0.1, -0.05) is 17.3 Å². The molecule has 2 fully saturated rings. The van der Waals surface area contributed by atoms with Gasteiger partial charge in [-0.3, -0.25) is 4.90 Å². The summed E-state index contributed by atoms with van der Waals surface area (Å²) in [4.78, 5) is 15.2. The van der Waals surface area contributed by atoms with Gasteiger partial charge >= 0.3 is 12.1 Å². The predicted octanol–water partition coefficient (Wildman–Crippen LogP) is 6.32. The second-order valence-corrected chi connectivity index (χ2v) is 12.6. The highest BCUT2D eigenvalue weighted by Crippen LogP contribution is 2.49. The van der Waals surface area contributed by atoms with Gasteiger partial charge in [0.25, 0.3) is 5.79 Å². The molecular formula is C34H29F4N7O4. The average Bonchev–Trinajstić information content (AvgIpc) is 3.78. The van der Waals surface area contributed by atoms with Gasteiger partial charge in [-0.25, -0.2) is 14.4 Å². The van der Waals surface area contributed by atoms with Gasteiger partial charge < -0.3 is 23.3 Å². The van der Waals surface area contributed by atoms with Gasteiger partial charge in [0.15, 0.2) is 17.1 Å². The van der Waals surface area contributed by atoms with Gasteiger partial charge in [0.1, 0.15) is 17.2 Å². The second kappa shape index (κ2) is 11.8. The highest BCUT2D eigenvalue weighted by Gasteiger charge is 2.43. The van der Waals surface area contributed by atoms with Crippen LogP contribution in [0.1, 0.15) is 60.5 Å². The normalized spacial score (nSPS) is 21.2. The highest BCUT2D eigenvalue weighted by atomic mass is 19.4. The summed E-state index contributed by atoms with van der Waals surface area (Å²) < 4.78 is 78.7. The van der Waals surface area contributed by atoms with Crippen molar-refractivity contribution in [3.8, 4) is 29.0 Å². The van der Waals surface area contributed by atoms with Gasteiger partial charge in [0.2, 0.25) is 5.82 Å². The molecule has 3 aliphatic heterocycles. The van der Waals surface area contributed by atoms with Crippen molar-refractivity contribution in [2.45, 2.75) is 63.3 Å². The molecule has 2 atom stereocenters. The Morgan fingerprint density at radius 3 is 2.57 bits per heavy atom. The molecule has 1 unspecified atom stereocenters. The van der Waals surface area contributed by atoms with Gasteiger partial charge in [-0.15, -0.1) is 0 Å². The Morgan fingerprint density at radius 1 is 1.06 bits per heavy atom. The van der Waals surface area contributed by atoms with Crippen LogP contribution in [-0.4, -0.2) is 55.4 Å². The fraction of sp³-hybridized carbons (Fsp3) is 0.382. The van der Waals surface area contributed by atoms with Crippen LogP contribution in [0.25, 0.3) is 22.6 Å². The maximum atomic E-state index is 15.0. The predicted molar refractivity (Wildman–Crippen MR) is 164 cm³/mol. The lowest BCUT2D eigenvalue weighted by Gasteiger charge is -2.33. The van der Waals surface area contributed by atoms with Gasteiger partial charge in [0, 0.05) is 30.9 Å². The van der Waals surface area contributed by atoms with Crippen LogP contribution in [0, 0.1) is 17.1 Å². The molecule has 0 spiro atoms. The number of alkyl halides is 3. The molecule has 5 aromatic rings. The molecule has 0 saturated carbocycles. The van der Waals surface area contributed by atoms with E-state index in [0.29, 0.717) is 42.4 Å². The molecule has 0 bridgehead atoms. The summed E-state index contributed by atoms with van der Waals surface area (Å²) in [7, 11) is 0. The summed E-state index contributed by atoms with van der Waals surface area (Å²) in [5.74, 6) is -1.50. The van der Waals surface area contributed by atoms with E-state index in [-0.39, 0.29) is 34.5 Å². The van der Waals surface area contributed by atoms with Gasteiger partial charge in [-0.2, -0.15) is 23.4 Å². The molecular weight excluding hydrogens is 646 g/mol. The zero-order valence-electron chi connectivity index (χ0n) is 26.2. The number of pyridine rings is 1. The lowest BCUT2D eigenvalue weighted by Crippen LogP contribution is -2.35. The van der Waals surface area contributed by atoms with Crippen LogP contribution in [0.5, 0.6) is 11.5 Å². The quantitative estimate of drug-likeness (QED) is 0.181. The summed E-state index contributed by atoms with van der Waals surface area (Å²) >= 11 is 0. The molecule has 2 saturated heterocycles. The van der Waals surface area contributed by atoms with E-state index in [1.165, 1.54) is 18.3 Å². The van der Waals surface area contributed by atoms with E-state index in [1.807, 2.05) is 28.8 Å². The smallest absolute Gasteiger partial charge is 0.444 e. The molecule has 49 heavy (non-hydrogen) atoms. The van der Waals surface area contributed by atoms with E-state index in [4.69, 9.17) is 24.5 Å². The van der Waals surface area contributed by atoms with Crippen molar-refractivity contribution >= 4 is 11.2 Å². The third-order valence-electron chi connectivity index (χ3n) is 9.36. The number of para-hydroxylation sites is 1. The summed E-state index contributed by atoms with van der Waals surface area (Å²) in [6.45, 7) is 4.99. The maximum absolute atomic E-state index is 15.0. The summed E-state index contributed by atoms with van der Waals surface area (Å²) in [6.07, 6.45) is -0.726. The van der Waals surface area contributed by atoms with Crippen molar-refractivity contribution in [2.24, 2.45) is 0 Å². The van der Waals surface area contributed by atoms with Crippen LogP contribution in [0.15, 0.2) is 53.2 Å². The molecule has 2 aromatic carbocycles. The second-order valence-electron chi connectivity index (χ2n) is 12.6. The number of ether oxygens (including phenoxy) is 3. The first-order chi connectivity index (χ1) is 23.6. The van der Waals surface area contributed by atoms with E-state index < -0.39 is 23.7 Å². The molecule has 3 aliphatic rings. The number of nitrogens with zero attached hydrogens (tertiary/aromatic N) is 7. The Bertz CT molecular complexity index is 2100. The Kier molecular flexibility index (Phi) is 7.53. The molecule has 15 heteroatoms. The number of rotatable bonds is 7. The number of hydrogen-bond acceptors (Lipinski definition) is 10. The number of likely N-dealkylation sites (tertiary alicyclic amines) is 1. The number of nitriles is 1. The van der Waals surface area contributed by atoms with Crippen molar-refractivity contribution in [2.75, 3.05) is 19.7 Å². The molecule has 252 valence electrons. The number of fused-ring (bicyclic) bond motifs is 2. The fourth-order valence-electron chi connectivity index (χ4n) is 6.71. The Morgan fingerprint density at radius 2 is 1.88 bits per heavy atom. The largest absolute Gasteiger partial charge is 0.471 e. The standard InChI is InChI=1S/C34H29F4N7O4/c1-33(24-6-5-19(15-39)13-25(24)35)47-27-4-2-3-23(29(27)48-33)20-7-10-44(11-8-20)18-28-41-26-14-21(30-42-32(49-43-30)34(36,37)38)16-40-31(26)45(28)17-22-9-12-46-22/h2-6,13-14,16,20,22H,7-12,17-18H2,1H3/t22-,33?/m0/s1. The number of aromatic nitrogens is 5. The SMILES string of the molecule is CC1(c2ccc(C#N)cc2F)Oc2cccc(C3CCN(Cc4nc5cc(-c6noc(C(F)(F)F)n6)cnc5n4C[C@@H]4CCO4)CC3)c2O1. The molecule has 0 aliphatic carbocycles. The number of imidazole rings is 1. The molecule has 8 rings (SSSR count). The summed E-state index contributed by atoms with van der Waals surface area (Å²) in [5.41, 5.74) is 2.80. The Labute approximate surface area is 277 Å². The monoisotopic (exact) mass is 675 g/mol. The van der Waals surface area contributed by atoms with Crippen LogP contribution in [0.3, 0.4) is 0 Å². The number of piperidine rings is 1. The first-order valence-electron chi connectivity index (χ1n) is 15.9. The van der Waals surface area contributed by atoms with E-state index in [2.05, 4.69) is 24.5 Å². The van der Waals surface area contributed by atoms with Crippen molar-refractivity contribution < 1.29 is 36.3 Å². The summed E-state index contributed by atoms with van der Waals surface area (Å²) in [5, 5.41) is 12.6. The molecule has 0 amide bonds. The fourth-order valence-corrected chi connectivity index (χ4v) is 6.71. The van der Waals surface area contributed by atoms with E-state index in [0.717, 1.165) is 43.7 Å².